The molecule has 1 aromatic rings. The van der Waals surface area contributed by atoms with E-state index in [2.05, 4.69) is 13.0 Å². The Labute approximate surface area is 228 Å². The minimum absolute atomic E-state index is 0.0702. The van der Waals surface area contributed by atoms with Crippen molar-refractivity contribution in [2.75, 3.05) is 31.1 Å². The molecule has 2 saturated heterocycles. The molecule has 0 aromatic carbocycles. The molecule has 10 heteroatoms. The molecule has 1 atom stereocenters. The third-order valence-corrected chi connectivity index (χ3v) is 8.15. The number of hydrogen-bond donors (Lipinski definition) is 0. The van der Waals surface area contributed by atoms with Crippen LogP contribution in [0.2, 0.25) is 0 Å². The molecule has 2 fully saturated rings. The third kappa shape index (κ3) is 6.27. The number of pyridine rings is 1. The van der Waals surface area contributed by atoms with Gasteiger partial charge in [-0.2, -0.15) is 5.26 Å². The molecule has 0 bridgehead atoms. The van der Waals surface area contributed by atoms with Crippen LogP contribution in [-0.2, 0) is 20.9 Å². The monoisotopic (exact) mass is 544 g/mol. The van der Waals surface area contributed by atoms with Gasteiger partial charge in [0, 0.05) is 31.7 Å². The number of piperidine rings is 1. The van der Waals surface area contributed by atoms with Gasteiger partial charge in [0.2, 0.25) is 0 Å². The molecular weight excluding hydrogens is 508 g/mol. The number of rotatable bonds is 10. The molecule has 2 aliphatic rings. The summed E-state index contributed by atoms with van der Waals surface area (Å²) in [7, 11) is 0. The first-order chi connectivity index (χ1) is 17.8. The lowest BCUT2D eigenvalue weighted by Gasteiger charge is -2.36. The van der Waals surface area contributed by atoms with E-state index in [0.717, 1.165) is 25.7 Å². The second kappa shape index (κ2) is 13.2. The highest BCUT2D eigenvalue weighted by Crippen LogP contribution is 2.37. The van der Waals surface area contributed by atoms with Gasteiger partial charge >= 0.3 is 5.97 Å². The summed E-state index contributed by atoms with van der Waals surface area (Å²) in [5, 5.41) is 9.85. The Balaban J connectivity index is 2.14. The fourth-order valence-corrected chi connectivity index (χ4v) is 6.17. The van der Waals surface area contributed by atoms with Crippen molar-refractivity contribution in [1.29, 1.82) is 5.26 Å². The third-order valence-electron chi connectivity index (χ3n) is 6.77. The standard InChI is InChI=1S/C27H36N4O4S2/c1-5-8-9-14-31-25(33)22(37-27(31)36)15-20-18(4)21(16-28)24(32)30(12-6-2)23(20)29-13-10-11-19(17-29)26(34)35-7-3/h15,19H,5-14,17H2,1-4H3/b22-15-. The van der Waals surface area contributed by atoms with Crippen LogP contribution >= 0.6 is 24.0 Å². The Bertz CT molecular complexity index is 1180. The predicted molar refractivity (Wildman–Crippen MR) is 151 cm³/mol. The van der Waals surface area contributed by atoms with Crippen molar-refractivity contribution in [2.24, 2.45) is 5.92 Å². The summed E-state index contributed by atoms with van der Waals surface area (Å²) in [6.45, 7) is 10.0. The van der Waals surface area contributed by atoms with Crippen LogP contribution in [0.25, 0.3) is 6.08 Å². The first-order valence-electron chi connectivity index (χ1n) is 13.1. The summed E-state index contributed by atoms with van der Waals surface area (Å²) in [6.07, 6.45) is 6.90. The van der Waals surface area contributed by atoms with Crippen molar-refractivity contribution in [3.05, 3.63) is 31.9 Å². The number of thiocarbonyl (C=S) groups is 1. The maximum absolute atomic E-state index is 13.4. The van der Waals surface area contributed by atoms with Gasteiger partial charge in [0.1, 0.15) is 21.8 Å². The van der Waals surface area contributed by atoms with Gasteiger partial charge in [0.05, 0.1) is 17.4 Å². The minimum Gasteiger partial charge on any atom is -0.466 e. The number of carbonyl (C=O) groups excluding carboxylic acids is 2. The van der Waals surface area contributed by atoms with Gasteiger partial charge in [-0.15, -0.1) is 0 Å². The number of unbranched alkanes of at least 4 members (excludes halogenated alkanes) is 2. The molecule has 3 heterocycles. The van der Waals surface area contributed by atoms with Crippen molar-refractivity contribution in [3.8, 4) is 6.07 Å². The van der Waals surface area contributed by atoms with Crippen molar-refractivity contribution >= 4 is 52.1 Å². The van der Waals surface area contributed by atoms with Crippen molar-refractivity contribution < 1.29 is 14.3 Å². The molecule has 200 valence electrons. The summed E-state index contributed by atoms with van der Waals surface area (Å²) in [5.41, 5.74) is 0.910. The van der Waals surface area contributed by atoms with Crippen LogP contribution < -0.4 is 10.5 Å². The largest absolute Gasteiger partial charge is 0.466 e. The molecule has 1 amide bonds. The fraction of sp³-hybridized carbons (Fsp3) is 0.593. The van der Waals surface area contributed by atoms with E-state index in [-0.39, 0.29) is 28.9 Å². The van der Waals surface area contributed by atoms with Crippen LogP contribution in [0, 0.1) is 24.2 Å². The van der Waals surface area contributed by atoms with Gasteiger partial charge in [-0.1, -0.05) is 50.7 Å². The van der Waals surface area contributed by atoms with Crippen molar-refractivity contribution in [3.63, 3.8) is 0 Å². The van der Waals surface area contributed by atoms with Gasteiger partial charge in [-0.05, 0) is 51.2 Å². The molecule has 0 spiro atoms. The average molecular weight is 545 g/mol. The van der Waals surface area contributed by atoms with E-state index >= 15 is 0 Å². The summed E-state index contributed by atoms with van der Waals surface area (Å²) >= 11 is 6.77. The topological polar surface area (TPSA) is 95.6 Å². The molecule has 0 radical (unpaired) electrons. The normalized spacial score (nSPS) is 19.0. The average Bonchev–Trinajstić information content (AvgIpc) is 3.15. The number of hydrogen-bond acceptors (Lipinski definition) is 8. The number of esters is 1. The Morgan fingerprint density at radius 2 is 1.97 bits per heavy atom. The molecule has 0 saturated carbocycles. The first-order valence-corrected chi connectivity index (χ1v) is 14.4. The molecule has 1 unspecified atom stereocenters. The molecule has 2 aliphatic heterocycles. The van der Waals surface area contributed by atoms with Gasteiger partial charge < -0.3 is 9.64 Å². The van der Waals surface area contributed by atoms with Gasteiger partial charge in [0.15, 0.2) is 0 Å². The lowest BCUT2D eigenvalue weighted by Crippen LogP contribution is -2.43. The van der Waals surface area contributed by atoms with E-state index in [4.69, 9.17) is 17.0 Å². The zero-order valence-corrected chi connectivity index (χ0v) is 23.8. The molecular formula is C27H36N4O4S2. The smallest absolute Gasteiger partial charge is 0.310 e. The molecule has 1 aromatic heterocycles. The van der Waals surface area contributed by atoms with Gasteiger partial charge in [0.25, 0.3) is 11.5 Å². The lowest BCUT2D eigenvalue weighted by molar-refractivity contribution is -0.148. The molecule has 0 aliphatic carbocycles. The number of amides is 1. The molecule has 0 N–H and O–H groups in total. The maximum atomic E-state index is 13.4. The summed E-state index contributed by atoms with van der Waals surface area (Å²) in [6, 6.07) is 2.08. The highest BCUT2D eigenvalue weighted by molar-refractivity contribution is 8.26. The minimum atomic E-state index is -0.348. The quantitative estimate of drug-likeness (QED) is 0.182. The van der Waals surface area contributed by atoms with E-state index in [9.17, 15) is 19.6 Å². The van der Waals surface area contributed by atoms with E-state index in [1.54, 1.807) is 29.4 Å². The van der Waals surface area contributed by atoms with Gasteiger partial charge in [-0.25, -0.2) is 0 Å². The molecule has 8 nitrogen and oxygen atoms in total. The van der Waals surface area contributed by atoms with Crippen LogP contribution in [0.3, 0.4) is 0 Å². The number of anilines is 1. The van der Waals surface area contributed by atoms with Gasteiger partial charge in [-0.3, -0.25) is 23.9 Å². The Kier molecular flexibility index (Phi) is 10.4. The Morgan fingerprint density at radius 1 is 1.22 bits per heavy atom. The maximum Gasteiger partial charge on any atom is 0.310 e. The summed E-state index contributed by atoms with van der Waals surface area (Å²) < 4.78 is 7.44. The van der Waals surface area contributed by atoms with E-state index in [1.165, 1.54) is 11.8 Å². The number of aromatic nitrogens is 1. The highest BCUT2D eigenvalue weighted by Gasteiger charge is 2.34. The lowest BCUT2D eigenvalue weighted by atomic mass is 9.96. The van der Waals surface area contributed by atoms with Crippen molar-refractivity contribution in [2.45, 2.75) is 72.8 Å². The van der Waals surface area contributed by atoms with E-state index in [1.807, 2.05) is 11.8 Å². The van der Waals surface area contributed by atoms with Crippen LogP contribution in [-0.4, -0.2) is 51.9 Å². The number of ether oxygens (including phenoxy) is 1. The van der Waals surface area contributed by atoms with E-state index in [0.29, 0.717) is 71.8 Å². The zero-order chi connectivity index (χ0) is 27.1. The second-order valence-corrected chi connectivity index (χ2v) is 11.1. The molecule has 37 heavy (non-hydrogen) atoms. The fourth-order valence-electron chi connectivity index (χ4n) is 4.88. The number of nitrogens with zero attached hydrogens (tertiary/aromatic N) is 4. The summed E-state index contributed by atoms with van der Waals surface area (Å²) in [4.78, 5) is 43.4. The Morgan fingerprint density at radius 3 is 2.62 bits per heavy atom. The number of carbonyl (C=O) groups is 2. The first kappa shape index (κ1) is 28.9. The number of nitriles is 1. The zero-order valence-electron chi connectivity index (χ0n) is 22.2. The van der Waals surface area contributed by atoms with Crippen LogP contribution in [0.5, 0.6) is 0 Å². The van der Waals surface area contributed by atoms with E-state index < -0.39 is 0 Å². The SMILES string of the molecule is CCCCCN1C(=O)/C(=C/c2c(C)c(C#N)c(=O)n(CCC)c2N2CCCC(C(=O)OCC)C2)SC1=S. The van der Waals surface area contributed by atoms with Crippen LogP contribution in [0.4, 0.5) is 5.82 Å². The predicted octanol–water partition coefficient (Wildman–Crippen LogP) is 4.61. The van der Waals surface area contributed by atoms with Crippen LogP contribution in [0.15, 0.2) is 9.70 Å². The van der Waals surface area contributed by atoms with Crippen LogP contribution in [0.1, 0.15) is 76.0 Å². The summed E-state index contributed by atoms with van der Waals surface area (Å²) in [5.74, 6) is -0.0456. The second-order valence-electron chi connectivity index (χ2n) is 9.38. The number of thioether (sulfide) groups is 1. The Hall–Kier alpha value is -2.64. The highest BCUT2D eigenvalue weighted by atomic mass is 32.2. The molecule has 3 rings (SSSR count). The van der Waals surface area contributed by atoms with Crippen molar-refractivity contribution in [1.82, 2.24) is 9.47 Å².